The van der Waals surface area contributed by atoms with Gasteiger partial charge in [-0.3, -0.25) is 4.79 Å². The Morgan fingerprint density at radius 3 is 2.47 bits per heavy atom. The molecule has 1 aliphatic heterocycles. The number of aromatic nitrogens is 2. The average molecular weight is 608 g/mol. The fourth-order valence-electron chi connectivity index (χ4n) is 4.26. The Morgan fingerprint density at radius 2 is 1.77 bits per heavy atom. The van der Waals surface area contributed by atoms with Gasteiger partial charge in [-0.05, 0) is 40.8 Å². The lowest BCUT2D eigenvalue weighted by Gasteiger charge is -2.12. The number of carbonyl (C=O) groups excluding carboxylic acids is 1. The van der Waals surface area contributed by atoms with Crippen LogP contribution in [-0.4, -0.2) is 44.2 Å². The highest BCUT2D eigenvalue weighted by atomic mass is 32.2. The summed E-state index contributed by atoms with van der Waals surface area (Å²) in [5.74, 6) is 0.639. The first kappa shape index (κ1) is 29.9. The maximum absolute atomic E-state index is 12.5. The topological polar surface area (TPSA) is 81.3 Å². The van der Waals surface area contributed by atoms with Crippen LogP contribution in [0.3, 0.4) is 0 Å². The third-order valence-electron chi connectivity index (χ3n) is 6.43. The lowest BCUT2D eigenvalue weighted by Crippen LogP contribution is -2.23. The Balaban J connectivity index is 1.23. The number of thioether (sulfide) groups is 1. The minimum Gasteiger partial charge on any atom is -0.473 e. The van der Waals surface area contributed by atoms with Crippen molar-refractivity contribution in [2.45, 2.75) is 32.7 Å². The number of aliphatic imine (C=N–C) groups is 1. The Morgan fingerprint density at radius 1 is 1.05 bits per heavy atom. The number of hydrogen-bond acceptors (Lipinski definition) is 7. The van der Waals surface area contributed by atoms with E-state index in [-0.39, 0.29) is 24.0 Å². The van der Waals surface area contributed by atoms with Gasteiger partial charge in [-0.15, -0.1) is 13.2 Å². The summed E-state index contributed by atoms with van der Waals surface area (Å²) >= 11 is 1.36. The molecule has 0 bridgehead atoms. The van der Waals surface area contributed by atoms with Crippen LogP contribution in [0.15, 0.2) is 89.0 Å². The standard InChI is InChI=1S/C31H28F3N5O3S/c1-20(2)25-6-4-5-7-26(25)36-30-39(28(40)19-43-30)35-17-21-8-12-23(13-9-21)27-16-29(38(3)37-27)41-18-22-10-14-24(15-11-22)42-31(32,33)34/h4-17,20H,18-19H2,1-3H3/b35-17+,36-30?. The van der Waals surface area contributed by atoms with E-state index in [1.807, 2.05) is 48.5 Å². The summed E-state index contributed by atoms with van der Waals surface area (Å²) in [6, 6.07) is 22.7. The van der Waals surface area contributed by atoms with Gasteiger partial charge in [0.15, 0.2) is 5.17 Å². The summed E-state index contributed by atoms with van der Waals surface area (Å²) in [7, 11) is 1.74. The third kappa shape index (κ3) is 7.63. The molecular weight excluding hydrogens is 579 g/mol. The molecule has 1 fully saturated rings. The Labute approximate surface area is 250 Å². The zero-order valence-electron chi connectivity index (χ0n) is 23.6. The Hall–Kier alpha value is -4.58. The first-order valence-corrected chi connectivity index (χ1v) is 14.3. The van der Waals surface area contributed by atoms with Gasteiger partial charge in [0, 0.05) is 18.7 Å². The molecule has 1 aromatic heterocycles. The molecule has 4 aromatic rings. The molecule has 0 unspecified atom stereocenters. The summed E-state index contributed by atoms with van der Waals surface area (Å²) in [6.45, 7) is 4.35. The maximum Gasteiger partial charge on any atom is 0.573 e. The number of rotatable bonds is 9. The summed E-state index contributed by atoms with van der Waals surface area (Å²) in [5.41, 5.74) is 4.92. The first-order chi connectivity index (χ1) is 20.6. The van der Waals surface area contributed by atoms with Gasteiger partial charge in [-0.25, -0.2) is 9.67 Å². The number of alkyl halides is 3. The van der Waals surface area contributed by atoms with Crippen molar-refractivity contribution in [3.05, 3.63) is 95.6 Å². The van der Waals surface area contributed by atoms with Crippen LogP contribution in [0.4, 0.5) is 18.9 Å². The van der Waals surface area contributed by atoms with Crippen molar-refractivity contribution >= 4 is 34.7 Å². The molecule has 0 N–H and O–H groups in total. The molecule has 0 aliphatic carbocycles. The van der Waals surface area contributed by atoms with E-state index in [9.17, 15) is 18.0 Å². The van der Waals surface area contributed by atoms with Gasteiger partial charge in [0.1, 0.15) is 12.4 Å². The molecule has 0 saturated carbocycles. The van der Waals surface area contributed by atoms with Crippen molar-refractivity contribution in [3.63, 3.8) is 0 Å². The smallest absolute Gasteiger partial charge is 0.473 e. The second-order valence-corrected chi connectivity index (χ2v) is 10.9. The van der Waals surface area contributed by atoms with E-state index in [4.69, 9.17) is 9.73 Å². The van der Waals surface area contributed by atoms with Crippen LogP contribution in [-0.2, 0) is 18.4 Å². The monoisotopic (exact) mass is 607 g/mol. The summed E-state index contributed by atoms with van der Waals surface area (Å²) in [6.07, 6.45) is -3.12. The number of halogens is 3. The predicted molar refractivity (Wildman–Crippen MR) is 161 cm³/mol. The Bertz CT molecular complexity index is 1650. The summed E-state index contributed by atoms with van der Waals surface area (Å²) in [4.78, 5) is 17.3. The molecule has 0 atom stereocenters. The van der Waals surface area contributed by atoms with E-state index in [0.717, 1.165) is 22.4 Å². The van der Waals surface area contributed by atoms with E-state index < -0.39 is 6.36 Å². The van der Waals surface area contributed by atoms with Crippen LogP contribution < -0.4 is 9.47 Å². The minimum absolute atomic E-state index is 0.134. The van der Waals surface area contributed by atoms with E-state index in [0.29, 0.717) is 28.2 Å². The van der Waals surface area contributed by atoms with Gasteiger partial charge in [0.05, 0.1) is 23.3 Å². The number of aryl methyl sites for hydroxylation is 1. The predicted octanol–water partition coefficient (Wildman–Crippen LogP) is 7.29. The number of carbonyl (C=O) groups is 1. The Kier molecular flexibility index (Phi) is 8.86. The molecule has 12 heteroatoms. The minimum atomic E-state index is -4.74. The van der Waals surface area contributed by atoms with Crippen molar-refractivity contribution in [2.75, 3.05) is 5.75 Å². The molecule has 222 valence electrons. The quantitative estimate of drug-likeness (QED) is 0.187. The highest BCUT2D eigenvalue weighted by Gasteiger charge is 2.31. The zero-order valence-corrected chi connectivity index (χ0v) is 24.4. The number of para-hydroxylation sites is 1. The molecule has 3 aromatic carbocycles. The van der Waals surface area contributed by atoms with Gasteiger partial charge in [0.25, 0.3) is 5.91 Å². The van der Waals surface area contributed by atoms with Crippen LogP contribution in [0.2, 0.25) is 0 Å². The largest absolute Gasteiger partial charge is 0.573 e. The van der Waals surface area contributed by atoms with E-state index in [2.05, 4.69) is 28.8 Å². The van der Waals surface area contributed by atoms with Crippen LogP contribution in [0.1, 0.15) is 36.5 Å². The second kappa shape index (κ2) is 12.7. The molecule has 2 heterocycles. The molecule has 1 saturated heterocycles. The van der Waals surface area contributed by atoms with Gasteiger partial charge >= 0.3 is 6.36 Å². The molecule has 0 radical (unpaired) electrons. The molecule has 1 amide bonds. The summed E-state index contributed by atoms with van der Waals surface area (Å²) in [5, 5.41) is 10.8. The number of nitrogens with zero attached hydrogens (tertiary/aromatic N) is 5. The van der Waals surface area contributed by atoms with Crippen molar-refractivity contribution < 1.29 is 27.4 Å². The second-order valence-electron chi connectivity index (χ2n) is 9.94. The molecule has 0 spiro atoms. The number of ether oxygens (including phenoxy) is 2. The molecular formula is C31H28F3N5O3S. The molecule has 43 heavy (non-hydrogen) atoms. The molecule has 8 nitrogen and oxygen atoms in total. The normalized spacial score (nSPS) is 14.8. The van der Waals surface area contributed by atoms with E-state index >= 15 is 0 Å². The summed E-state index contributed by atoms with van der Waals surface area (Å²) < 4.78 is 48.4. The number of amides is 1. The van der Waals surface area contributed by atoms with Gasteiger partial charge in [-0.2, -0.15) is 15.2 Å². The molecule has 1 aliphatic rings. The van der Waals surface area contributed by atoms with Crippen molar-refractivity contribution in [1.82, 2.24) is 14.8 Å². The molecule has 5 rings (SSSR count). The lowest BCUT2D eigenvalue weighted by molar-refractivity contribution is -0.274. The van der Waals surface area contributed by atoms with E-state index in [1.54, 1.807) is 24.0 Å². The lowest BCUT2D eigenvalue weighted by atomic mass is 10.0. The van der Waals surface area contributed by atoms with E-state index in [1.165, 1.54) is 41.0 Å². The number of benzene rings is 3. The van der Waals surface area contributed by atoms with Gasteiger partial charge in [-0.1, -0.05) is 80.2 Å². The van der Waals surface area contributed by atoms with Crippen molar-refractivity contribution in [3.8, 4) is 22.9 Å². The van der Waals surface area contributed by atoms with Crippen molar-refractivity contribution in [2.24, 2.45) is 17.1 Å². The number of hydrogen-bond donors (Lipinski definition) is 0. The van der Waals surface area contributed by atoms with Gasteiger partial charge < -0.3 is 9.47 Å². The first-order valence-electron chi connectivity index (χ1n) is 13.3. The van der Waals surface area contributed by atoms with Crippen LogP contribution in [0.5, 0.6) is 11.6 Å². The van der Waals surface area contributed by atoms with Crippen LogP contribution in [0.25, 0.3) is 11.3 Å². The highest BCUT2D eigenvalue weighted by molar-refractivity contribution is 8.15. The SMILES string of the molecule is CC(C)c1ccccc1N=C1SCC(=O)N1/N=C/c1ccc(-c2cc(OCc3ccc(OC(F)(F)F)cc3)n(C)n2)cc1. The maximum atomic E-state index is 12.5. The number of hydrazone groups is 1. The average Bonchev–Trinajstić information content (AvgIpc) is 3.52. The highest BCUT2D eigenvalue weighted by Crippen LogP contribution is 2.30. The fraction of sp³-hybridized carbons (Fsp3) is 0.226. The fourth-order valence-corrected chi connectivity index (χ4v) is 5.07. The van der Waals surface area contributed by atoms with Crippen molar-refractivity contribution in [1.29, 1.82) is 0 Å². The number of amidine groups is 1. The third-order valence-corrected chi connectivity index (χ3v) is 7.34. The van der Waals surface area contributed by atoms with Crippen LogP contribution >= 0.6 is 11.8 Å². The zero-order chi connectivity index (χ0) is 30.6. The van der Waals surface area contributed by atoms with Crippen LogP contribution in [0, 0.1) is 0 Å². The van der Waals surface area contributed by atoms with Gasteiger partial charge in [0.2, 0.25) is 5.88 Å².